The van der Waals surface area contributed by atoms with Gasteiger partial charge in [-0.05, 0) is 59.8 Å². The molecule has 0 radical (unpaired) electrons. The fraction of sp³-hybridized carbons (Fsp3) is 0. The van der Waals surface area contributed by atoms with Gasteiger partial charge in [-0.3, -0.25) is 0 Å². The Morgan fingerprint density at radius 1 is 0.650 bits per heavy atom. The van der Waals surface area contributed by atoms with Gasteiger partial charge in [0.2, 0.25) is 0 Å². The molecule has 20 heavy (non-hydrogen) atoms. The van der Waals surface area contributed by atoms with Crippen molar-refractivity contribution in [1.29, 1.82) is 0 Å². The third-order valence-corrected chi connectivity index (χ3v) is 2.79. The minimum atomic E-state index is 0.805. The van der Waals surface area contributed by atoms with Gasteiger partial charge >= 0.3 is 0 Å². The first kappa shape index (κ1) is 14.2. The number of benzene rings is 2. The van der Waals surface area contributed by atoms with Gasteiger partial charge in [0.15, 0.2) is 0 Å². The van der Waals surface area contributed by atoms with E-state index in [-0.39, 0.29) is 0 Å². The molecule has 0 N–H and O–H groups in total. The molecule has 0 aromatic heterocycles. The second kappa shape index (κ2) is 7.39. The van der Waals surface area contributed by atoms with Crippen molar-refractivity contribution < 1.29 is 0 Å². The van der Waals surface area contributed by atoms with Gasteiger partial charge in [-0.15, -0.1) is 0 Å². The topological polar surface area (TPSA) is 24.7 Å². The predicted octanol–water partition coefficient (Wildman–Crippen LogP) is 5.33. The van der Waals surface area contributed by atoms with Crippen LogP contribution in [0.15, 0.2) is 58.5 Å². The van der Waals surface area contributed by atoms with Crippen molar-refractivity contribution in [2.24, 2.45) is 9.98 Å². The molecule has 4 heteroatoms. The molecule has 0 atom stereocenters. The second-order valence-electron chi connectivity index (χ2n) is 3.92. The van der Waals surface area contributed by atoms with Gasteiger partial charge in [-0.2, -0.15) is 9.98 Å². The van der Waals surface area contributed by atoms with E-state index in [0.717, 1.165) is 22.5 Å². The van der Waals surface area contributed by atoms with Crippen LogP contribution in [0.5, 0.6) is 0 Å². The highest BCUT2D eigenvalue weighted by Gasteiger charge is 1.91. The molecule has 0 bridgehead atoms. The van der Waals surface area contributed by atoms with Crippen LogP contribution in [0.4, 0.5) is 11.4 Å². The Morgan fingerprint density at radius 3 is 1.30 bits per heavy atom. The average Bonchev–Trinajstić information content (AvgIpc) is 2.49. The van der Waals surface area contributed by atoms with E-state index in [0.29, 0.717) is 0 Å². The third kappa shape index (κ3) is 4.16. The fourth-order valence-corrected chi connectivity index (χ4v) is 1.83. The molecular weight excluding hydrogens is 284 g/mol. The Bertz CT molecular complexity index is 640. The highest BCUT2D eigenvalue weighted by Crippen LogP contribution is 2.16. The lowest BCUT2D eigenvalue weighted by Crippen LogP contribution is -1.73. The zero-order valence-electron chi connectivity index (χ0n) is 10.5. The van der Waals surface area contributed by atoms with Crippen LogP contribution in [-0.4, -0.2) is 10.3 Å². The highest BCUT2D eigenvalue weighted by atomic mass is 32.1. The maximum Gasteiger partial charge on any atom is 0.0739 e. The third-order valence-electron chi connectivity index (χ3n) is 2.60. The largest absolute Gasteiger partial charge is 0.195 e. The van der Waals surface area contributed by atoms with Crippen LogP contribution in [0.1, 0.15) is 11.1 Å². The molecule has 0 fully saturated rings. The molecule has 0 spiro atoms. The van der Waals surface area contributed by atoms with Crippen LogP contribution in [-0.2, 0) is 0 Å². The van der Waals surface area contributed by atoms with Crippen LogP contribution in [0.2, 0.25) is 0 Å². The van der Waals surface area contributed by atoms with E-state index in [9.17, 15) is 0 Å². The van der Waals surface area contributed by atoms with E-state index in [4.69, 9.17) is 0 Å². The summed E-state index contributed by atoms with van der Waals surface area (Å²) in [5, 5.41) is 4.69. The molecule has 2 aromatic carbocycles. The van der Waals surface area contributed by atoms with Crippen molar-refractivity contribution in [3.05, 3.63) is 59.7 Å². The summed E-state index contributed by atoms with van der Waals surface area (Å²) in [6.45, 7) is 0. The smallest absolute Gasteiger partial charge is 0.0739 e. The number of nitrogens with zero attached hydrogens (tertiary/aromatic N) is 2. The summed E-state index contributed by atoms with van der Waals surface area (Å²) in [5.41, 5.74) is 3.79. The Hall–Kier alpha value is -2.22. The van der Waals surface area contributed by atoms with Crippen molar-refractivity contribution in [1.82, 2.24) is 0 Å². The molecular formula is C16H10N2S2. The van der Waals surface area contributed by atoms with Crippen molar-refractivity contribution in [3.63, 3.8) is 0 Å². The second-order valence-corrected chi connectivity index (χ2v) is 4.29. The van der Waals surface area contributed by atoms with Crippen molar-refractivity contribution >= 4 is 58.3 Å². The van der Waals surface area contributed by atoms with Gasteiger partial charge in [0, 0.05) is 0 Å². The van der Waals surface area contributed by atoms with Gasteiger partial charge in [-0.25, -0.2) is 0 Å². The molecule has 0 heterocycles. The molecule has 2 nitrogen and oxygen atoms in total. The van der Waals surface area contributed by atoms with E-state index in [2.05, 4.69) is 44.7 Å². The SMILES string of the molecule is S=C=Nc1ccc(/C=C/c2ccc(N=C=S)cc2)cc1. The molecule has 0 saturated carbocycles. The van der Waals surface area contributed by atoms with E-state index >= 15 is 0 Å². The van der Waals surface area contributed by atoms with E-state index in [1.54, 1.807) is 0 Å². The van der Waals surface area contributed by atoms with E-state index in [1.165, 1.54) is 0 Å². The van der Waals surface area contributed by atoms with Gasteiger partial charge in [-0.1, -0.05) is 36.4 Å². The summed E-state index contributed by atoms with van der Waals surface area (Å²) in [7, 11) is 0. The Labute approximate surface area is 128 Å². The lowest BCUT2D eigenvalue weighted by Gasteiger charge is -1.96. The van der Waals surface area contributed by atoms with E-state index in [1.807, 2.05) is 60.7 Å². The Morgan fingerprint density at radius 2 is 1.00 bits per heavy atom. The lowest BCUT2D eigenvalue weighted by molar-refractivity contribution is 1.53. The molecule has 0 aliphatic rings. The highest BCUT2D eigenvalue weighted by molar-refractivity contribution is 7.78. The summed E-state index contributed by atoms with van der Waals surface area (Å²) in [6, 6.07) is 15.5. The normalized spacial score (nSPS) is 9.80. The molecule has 2 rings (SSSR count). The Balaban J connectivity index is 2.12. The standard InChI is InChI=1S/C16H10N2S2/c19-11-17-15-7-3-13(4-8-15)1-2-14-5-9-16(10-6-14)18-12-20/h1-10H/b2-1+. The number of hydrogen-bond acceptors (Lipinski definition) is 4. The molecule has 0 aliphatic carbocycles. The summed E-state index contributed by atoms with van der Waals surface area (Å²) < 4.78 is 0. The van der Waals surface area contributed by atoms with Gasteiger partial charge < -0.3 is 0 Å². The minimum Gasteiger partial charge on any atom is -0.195 e. The fourth-order valence-electron chi connectivity index (χ4n) is 1.62. The number of aliphatic imine (C=N–C) groups is 2. The quantitative estimate of drug-likeness (QED) is 0.433. The summed E-state index contributed by atoms with van der Waals surface area (Å²) in [5.74, 6) is 0. The minimum absolute atomic E-state index is 0.805. The number of thiocarbonyl (C=S) groups is 2. The summed E-state index contributed by atoms with van der Waals surface area (Å²) >= 11 is 9.12. The first-order valence-electron chi connectivity index (χ1n) is 5.86. The molecule has 0 aliphatic heterocycles. The van der Waals surface area contributed by atoms with Crippen LogP contribution in [0.25, 0.3) is 12.2 Å². The van der Waals surface area contributed by atoms with Crippen LogP contribution in [0, 0.1) is 0 Å². The van der Waals surface area contributed by atoms with Crippen LogP contribution < -0.4 is 0 Å². The monoisotopic (exact) mass is 294 g/mol. The van der Waals surface area contributed by atoms with Gasteiger partial charge in [0.1, 0.15) is 0 Å². The average molecular weight is 294 g/mol. The first-order valence-corrected chi connectivity index (χ1v) is 6.67. The van der Waals surface area contributed by atoms with Crippen molar-refractivity contribution in [2.75, 3.05) is 0 Å². The van der Waals surface area contributed by atoms with Crippen LogP contribution >= 0.6 is 24.4 Å². The van der Waals surface area contributed by atoms with Gasteiger partial charge in [0.05, 0.1) is 21.7 Å². The Kier molecular flexibility index (Phi) is 5.24. The molecule has 0 unspecified atom stereocenters. The molecule has 0 saturated heterocycles. The first-order chi connectivity index (χ1) is 9.81. The summed E-state index contributed by atoms with van der Waals surface area (Å²) in [4.78, 5) is 7.82. The molecule has 2 aromatic rings. The maximum atomic E-state index is 4.56. The molecule has 0 amide bonds. The lowest BCUT2D eigenvalue weighted by atomic mass is 10.1. The number of isothiocyanates is 2. The van der Waals surface area contributed by atoms with Crippen molar-refractivity contribution in [2.45, 2.75) is 0 Å². The zero-order valence-corrected chi connectivity index (χ0v) is 12.1. The molecule has 96 valence electrons. The zero-order chi connectivity index (χ0) is 14.2. The number of hydrogen-bond donors (Lipinski definition) is 0. The van der Waals surface area contributed by atoms with Crippen LogP contribution in [0.3, 0.4) is 0 Å². The maximum absolute atomic E-state index is 4.56. The van der Waals surface area contributed by atoms with E-state index < -0.39 is 0 Å². The van der Waals surface area contributed by atoms with Crippen molar-refractivity contribution in [3.8, 4) is 0 Å². The predicted molar refractivity (Wildman–Crippen MR) is 91.2 cm³/mol. The summed E-state index contributed by atoms with van der Waals surface area (Å²) in [6.07, 6.45) is 4.06. The number of rotatable bonds is 4. The van der Waals surface area contributed by atoms with Gasteiger partial charge in [0.25, 0.3) is 0 Å².